The zero-order valence-corrected chi connectivity index (χ0v) is 17.7. The number of rotatable bonds is 6. The summed E-state index contributed by atoms with van der Waals surface area (Å²) >= 11 is 0. The zero-order chi connectivity index (χ0) is 22.2. The van der Waals surface area contributed by atoms with Crippen molar-refractivity contribution in [2.24, 2.45) is 5.41 Å². The summed E-state index contributed by atoms with van der Waals surface area (Å²) in [6, 6.07) is 0. The van der Waals surface area contributed by atoms with Gasteiger partial charge in [0.25, 0.3) is 0 Å². The molecule has 1 saturated heterocycles. The summed E-state index contributed by atoms with van der Waals surface area (Å²) in [6.07, 6.45) is -4.13. The van der Waals surface area contributed by atoms with Crippen molar-refractivity contribution < 1.29 is 44.8 Å². The first-order valence-electron chi connectivity index (χ1n) is 9.93. The Morgan fingerprint density at radius 1 is 1.07 bits per heavy atom. The van der Waals surface area contributed by atoms with Gasteiger partial charge in [0.15, 0.2) is 6.29 Å². The van der Waals surface area contributed by atoms with Crippen molar-refractivity contribution in [3.63, 3.8) is 0 Å². The summed E-state index contributed by atoms with van der Waals surface area (Å²) in [5.41, 5.74) is -3.04. The van der Waals surface area contributed by atoms with Crippen LogP contribution in [-0.2, 0) is 14.2 Å². The smallest absolute Gasteiger partial charge is 0.187 e. The topological polar surface area (TPSA) is 149 Å². The number of aliphatic hydroxyl groups is 6. The zero-order valence-electron chi connectivity index (χ0n) is 17.7. The summed E-state index contributed by atoms with van der Waals surface area (Å²) < 4.78 is 16.8. The van der Waals surface area contributed by atoms with Gasteiger partial charge in [-0.2, -0.15) is 0 Å². The molecule has 0 unspecified atom stereocenters. The second-order valence-electron chi connectivity index (χ2n) is 9.06. The molecule has 0 amide bonds. The number of aliphatic hydroxyl groups excluding tert-OH is 5. The summed E-state index contributed by atoms with van der Waals surface area (Å²) in [6.45, 7) is 6.57. The molecule has 0 bridgehead atoms. The van der Waals surface area contributed by atoms with Gasteiger partial charge in [-0.25, -0.2) is 0 Å². The monoisotopic (exact) mass is 420 g/mol. The summed E-state index contributed by atoms with van der Waals surface area (Å²) in [7, 11) is 1.50. The quantitative estimate of drug-likeness (QED) is 0.300. The van der Waals surface area contributed by atoms with Crippen molar-refractivity contribution in [1.82, 2.24) is 0 Å². The first kappa shape index (κ1) is 24.6. The first-order chi connectivity index (χ1) is 13.3. The van der Waals surface area contributed by atoms with Crippen molar-refractivity contribution in [2.75, 3.05) is 13.7 Å². The van der Waals surface area contributed by atoms with Gasteiger partial charge in [-0.3, -0.25) is 0 Å². The molecular formula is C20H36O9. The normalized spacial score (nSPS) is 46.7. The van der Waals surface area contributed by atoms with Gasteiger partial charge in [0.1, 0.15) is 30.0 Å². The fourth-order valence-electron chi connectivity index (χ4n) is 4.83. The molecule has 2 aliphatic rings. The Hall–Kier alpha value is -0.620. The third-order valence-corrected chi connectivity index (χ3v) is 6.31. The van der Waals surface area contributed by atoms with Crippen LogP contribution in [0, 0.1) is 5.41 Å². The van der Waals surface area contributed by atoms with Crippen LogP contribution in [0.4, 0.5) is 0 Å². The van der Waals surface area contributed by atoms with E-state index in [1.54, 1.807) is 26.0 Å². The molecule has 1 saturated carbocycles. The second kappa shape index (κ2) is 8.86. The summed E-state index contributed by atoms with van der Waals surface area (Å²) in [5, 5.41) is 60.4. The van der Waals surface area contributed by atoms with Gasteiger partial charge in [-0.15, -0.1) is 0 Å². The Bertz CT molecular complexity index is 556. The minimum atomic E-state index is -1.52. The van der Waals surface area contributed by atoms with Crippen LogP contribution in [0.15, 0.2) is 12.2 Å². The molecule has 1 heterocycles. The molecule has 1 aliphatic carbocycles. The average molecular weight is 420 g/mol. The molecular weight excluding hydrogens is 384 g/mol. The van der Waals surface area contributed by atoms with Crippen LogP contribution < -0.4 is 0 Å². The van der Waals surface area contributed by atoms with Gasteiger partial charge in [-0.05, 0) is 20.3 Å². The minimum absolute atomic E-state index is 0.149. The summed E-state index contributed by atoms with van der Waals surface area (Å²) in [4.78, 5) is 0. The number of hydrogen-bond donors (Lipinski definition) is 6. The molecule has 9 atom stereocenters. The molecule has 2 rings (SSSR count). The molecule has 0 spiro atoms. The van der Waals surface area contributed by atoms with E-state index in [4.69, 9.17) is 14.2 Å². The van der Waals surface area contributed by atoms with Crippen LogP contribution in [-0.4, -0.2) is 98.5 Å². The molecule has 1 aliphatic heterocycles. The van der Waals surface area contributed by atoms with E-state index in [1.165, 1.54) is 7.11 Å². The average Bonchev–Trinajstić information content (AvgIpc) is 2.60. The predicted octanol–water partition coefficient (Wildman–Crippen LogP) is -0.935. The van der Waals surface area contributed by atoms with Gasteiger partial charge in [-0.1, -0.05) is 26.0 Å². The molecule has 170 valence electrons. The van der Waals surface area contributed by atoms with Crippen LogP contribution >= 0.6 is 0 Å². The van der Waals surface area contributed by atoms with Gasteiger partial charge in [0.05, 0.1) is 24.4 Å². The van der Waals surface area contributed by atoms with E-state index in [0.29, 0.717) is 6.42 Å². The Labute approximate surface area is 171 Å². The van der Waals surface area contributed by atoms with E-state index in [0.717, 1.165) is 0 Å². The Morgan fingerprint density at radius 3 is 2.21 bits per heavy atom. The maximum atomic E-state index is 11.1. The molecule has 9 heteroatoms. The molecule has 6 N–H and O–H groups in total. The molecule has 9 nitrogen and oxygen atoms in total. The van der Waals surface area contributed by atoms with E-state index >= 15 is 0 Å². The van der Waals surface area contributed by atoms with Crippen LogP contribution in [0.25, 0.3) is 0 Å². The highest BCUT2D eigenvalue weighted by molar-refractivity contribution is 5.22. The summed E-state index contributed by atoms with van der Waals surface area (Å²) in [5.74, 6) is 0. The molecule has 0 aromatic carbocycles. The fraction of sp³-hybridized carbons (Fsp3) is 0.900. The second-order valence-corrected chi connectivity index (χ2v) is 9.06. The lowest BCUT2D eigenvalue weighted by Gasteiger charge is -2.57. The van der Waals surface area contributed by atoms with Gasteiger partial charge < -0.3 is 44.8 Å². The lowest BCUT2D eigenvalue weighted by atomic mass is 9.57. The Morgan fingerprint density at radius 2 is 1.69 bits per heavy atom. The third-order valence-electron chi connectivity index (χ3n) is 6.31. The maximum absolute atomic E-state index is 11.1. The van der Waals surface area contributed by atoms with Crippen LogP contribution in [0.1, 0.15) is 40.5 Å². The Kier molecular flexibility index (Phi) is 7.53. The van der Waals surface area contributed by atoms with Gasteiger partial charge >= 0.3 is 0 Å². The minimum Gasteiger partial charge on any atom is -0.394 e. The highest BCUT2D eigenvalue weighted by Gasteiger charge is 2.60. The van der Waals surface area contributed by atoms with Crippen LogP contribution in [0.2, 0.25) is 0 Å². The largest absolute Gasteiger partial charge is 0.394 e. The van der Waals surface area contributed by atoms with Crippen molar-refractivity contribution in [1.29, 1.82) is 0 Å². The van der Waals surface area contributed by atoms with Gasteiger partial charge in [0.2, 0.25) is 0 Å². The standard InChI is InChI=1S/C20H36O9/c1-11(28-17-16(25)15(24)14(23)13(10-21)29-17)6-7-20(27-5)18(2,3)8-12(22)9-19(20,4)26/h6-7,11-17,21-26H,8-10H2,1-5H3/b7-6+/t11-,12-,13+,14+,15-,16+,17+,19+,20+/m0/s1. The molecule has 0 aromatic heterocycles. The van der Waals surface area contributed by atoms with Crippen LogP contribution in [0.5, 0.6) is 0 Å². The van der Waals surface area contributed by atoms with Crippen molar-refractivity contribution in [3.8, 4) is 0 Å². The highest BCUT2D eigenvalue weighted by Crippen LogP contribution is 2.52. The van der Waals surface area contributed by atoms with E-state index in [1.807, 2.05) is 13.8 Å². The first-order valence-corrected chi connectivity index (χ1v) is 9.93. The Balaban J connectivity index is 2.18. The number of hydrogen-bond acceptors (Lipinski definition) is 9. The lowest BCUT2D eigenvalue weighted by Crippen LogP contribution is -2.66. The third kappa shape index (κ3) is 4.53. The van der Waals surface area contributed by atoms with E-state index in [2.05, 4.69) is 0 Å². The van der Waals surface area contributed by atoms with Crippen LogP contribution in [0.3, 0.4) is 0 Å². The van der Waals surface area contributed by atoms with Crippen molar-refractivity contribution >= 4 is 0 Å². The van der Waals surface area contributed by atoms with E-state index < -0.39 is 66.1 Å². The fourth-order valence-corrected chi connectivity index (χ4v) is 4.83. The number of methoxy groups -OCH3 is 1. The van der Waals surface area contributed by atoms with Crippen molar-refractivity contribution in [3.05, 3.63) is 12.2 Å². The van der Waals surface area contributed by atoms with Gasteiger partial charge in [0, 0.05) is 18.9 Å². The maximum Gasteiger partial charge on any atom is 0.187 e. The number of ether oxygens (including phenoxy) is 3. The highest BCUT2D eigenvalue weighted by atomic mass is 16.7. The lowest BCUT2D eigenvalue weighted by molar-refractivity contribution is -0.306. The predicted molar refractivity (Wildman–Crippen MR) is 103 cm³/mol. The van der Waals surface area contributed by atoms with E-state index in [-0.39, 0.29) is 6.42 Å². The SMILES string of the molecule is CO[C@]1(/C=C/[C@H](C)O[C@@H]2O[C@H](CO)[C@@H](O)[C@H](O)[C@H]2O)C(C)(C)C[C@H](O)C[C@@]1(C)O. The molecule has 29 heavy (non-hydrogen) atoms. The van der Waals surface area contributed by atoms with Crippen molar-refractivity contribution in [2.45, 2.75) is 94.7 Å². The molecule has 2 fully saturated rings. The van der Waals surface area contributed by atoms with E-state index in [9.17, 15) is 30.6 Å². The molecule has 0 radical (unpaired) electrons. The molecule has 0 aromatic rings.